The highest BCUT2D eigenvalue weighted by Gasteiger charge is 2.18. The van der Waals surface area contributed by atoms with Crippen molar-refractivity contribution in [2.24, 2.45) is 10.2 Å². The van der Waals surface area contributed by atoms with Crippen molar-refractivity contribution in [1.29, 1.82) is 0 Å². The van der Waals surface area contributed by atoms with E-state index < -0.39 is 10.7 Å². The topological polar surface area (TPSA) is 129 Å². The number of rotatable bonds is 3. The zero-order valence-electron chi connectivity index (χ0n) is 12.1. The van der Waals surface area contributed by atoms with Gasteiger partial charge in [0.15, 0.2) is 5.75 Å². The van der Waals surface area contributed by atoms with Gasteiger partial charge in [0.2, 0.25) is 0 Å². The maximum atomic E-state index is 11.1. The summed E-state index contributed by atoms with van der Waals surface area (Å²) in [5.74, 6) is -0.818. The molecule has 0 atom stereocenters. The number of non-ortho nitro benzene ring substituents is 1. The van der Waals surface area contributed by atoms with Crippen molar-refractivity contribution in [3.05, 3.63) is 58.6 Å². The van der Waals surface area contributed by atoms with E-state index in [4.69, 9.17) is 0 Å². The molecule has 0 aliphatic rings. The summed E-state index contributed by atoms with van der Waals surface area (Å²) in [4.78, 5) is 10.5. The van der Waals surface area contributed by atoms with Crippen molar-refractivity contribution in [2.75, 3.05) is 0 Å². The van der Waals surface area contributed by atoms with Gasteiger partial charge < -0.3 is 15.3 Å². The molecule has 120 valence electrons. The summed E-state index contributed by atoms with van der Waals surface area (Å²) in [6.07, 6.45) is 0. The fourth-order valence-electron chi connectivity index (χ4n) is 2.28. The van der Waals surface area contributed by atoms with E-state index in [2.05, 4.69) is 10.2 Å². The Hall–Kier alpha value is -3.68. The SMILES string of the molecule is O=[N+]([O-])c1cc(O)c(N=Nc2ccc(O)cc2O)c2ccccc12. The van der Waals surface area contributed by atoms with Crippen molar-refractivity contribution in [3.8, 4) is 17.2 Å². The fourth-order valence-corrected chi connectivity index (χ4v) is 2.28. The minimum Gasteiger partial charge on any atom is -0.508 e. The van der Waals surface area contributed by atoms with E-state index in [1.165, 1.54) is 12.1 Å². The number of benzene rings is 3. The average Bonchev–Trinajstić information content (AvgIpc) is 2.54. The summed E-state index contributed by atoms with van der Waals surface area (Å²) in [5, 5.41) is 48.5. The molecule has 0 fully saturated rings. The summed E-state index contributed by atoms with van der Waals surface area (Å²) in [6.45, 7) is 0. The Labute approximate surface area is 135 Å². The van der Waals surface area contributed by atoms with E-state index >= 15 is 0 Å². The number of nitro groups is 1. The third-order valence-electron chi connectivity index (χ3n) is 3.39. The first kappa shape index (κ1) is 15.2. The second-order valence-corrected chi connectivity index (χ2v) is 4.94. The van der Waals surface area contributed by atoms with Crippen LogP contribution in [0.25, 0.3) is 10.8 Å². The third-order valence-corrected chi connectivity index (χ3v) is 3.39. The number of nitrogens with zero attached hydrogens (tertiary/aromatic N) is 3. The Balaban J connectivity index is 2.16. The van der Waals surface area contributed by atoms with Crippen LogP contribution in [0.5, 0.6) is 17.2 Å². The number of hydrogen-bond donors (Lipinski definition) is 3. The van der Waals surface area contributed by atoms with Crippen LogP contribution in [0.3, 0.4) is 0 Å². The van der Waals surface area contributed by atoms with Crippen LogP contribution < -0.4 is 0 Å². The molecular formula is C16H11N3O5. The average molecular weight is 325 g/mol. The molecule has 24 heavy (non-hydrogen) atoms. The monoisotopic (exact) mass is 325 g/mol. The Morgan fingerprint density at radius 3 is 2.25 bits per heavy atom. The molecule has 3 N–H and O–H groups in total. The number of azo groups is 1. The second-order valence-electron chi connectivity index (χ2n) is 4.94. The molecule has 0 saturated carbocycles. The molecule has 0 aliphatic heterocycles. The predicted octanol–water partition coefficient (Wildman–Crippen LogP) is 4.28. The summed E-state index contributed by atoms with van der Waals surface area (Å²) in [5.41, 5.74) is -0.118. The first-order valence-electron chi connectivity index (χ1n) is 6.80. The quantitative estimate of drug-likeness (QED) is 0.376. The Kier molecular flexibility index (Phi) is 3.70. The Morgan fingerprint density at radius 1 is 0.875 bits per heavy atom. The highest BCUT2D eigenvalue weighted by molar-refractivity contribution is 6.01. The van der Waals surface area contributed by atoms with Gasteiger partial charge in [-0.2, -0.15) is 0 Å². The van der Waals surface area contributed by atoms with E-state index in [0.717, 1.165) is 12.1 Å². The van der Waals surface area contributed by atoms with Crippen LogP contribution >= 0.6 is 0 Å². The number of phenols is 3. The number of fused-ring (bicyclic) bond motifs is 1. The van der Waals surface area contributed by atoms with Crippen LogP contribution in [0, 0.1) is 10.1 Å². The first-order valence-corrected chi connectivity index (χ1v) is 6.80. The van der Waals surface area contributed by atoms with Crippen molar-refractivity contribution in [3.63, 3.8) is 0 Å². The molecular weight excluding hydrogens is 314 g/mol. The Bertz CT molecular complexity index is 985. The third kappa shape index (κ3) is 2.68. The lowest BCUT2D eigenvalue weighted by molar-refractivity contribution is -0.383. The van der Waals surface area contributed by atoms with Crippen molar-refractivity contribution in [2.45, 2.75) is 0 Å². The first-order chi connectivity index (χ1) is 11.5. The fraction of sp³-hybridized carbons (Fsp3) is 0. The van der Waals surface area contributed by atoms with Gasteiger partial charge in [-0.05, 0) is 18.2 Å². The lowest BCUT2D eigenvalue weighted by Gasteiger charge is -2.05. The molecule has 0 spiro atoms. The van der Waals surface area contributed by atoms with Crippen molar-refractivity contribution < 1.29 is 20.2 Å². The number of nitro benzene ring substituents is 1. The zero-order chi connectivity index (χ0) is 17.3. The van der Waals surface area contributed by atoms with Gasteiger partial charge in [0.1, 0.15) is 22.9 Å². The van der Waals surface area contributed by atoms with E-state index in [9.17, 15) is 25.4 Å². The zero-order valence-corrected chi connectivity index (χ0v) is 12.1. The highest BCUT2D eigenvalue weighted by atomic mass is 16.6. The molecule has 3 aromatic rings. The summed E-state index contributed by atoms with van der Waals surface area (Å²) >= 11 is 0. The maximum absolute atomic E-state index is 11.1. The van der Waals surface area contributed by atoms with Crippen LogP contribution in [-0.4, -0.2) is 20.2 Å². The molecule has 0 radical (unpaired) electrons. The standard InChI is InChI=1S/C16H11N3O5/c20-9-5-6-12(14(21)7-9)17-18-16-11-4-2-1-3-10(11)13(19(23)24)8-15(16)22/h1-8,20-22H. The van der Waals surface area contributed by atoms with Crippen LogP contribution in [0.4, 0.5) is 17.1 Å². The van der Waals surface area contributed by atoms with E-state index in [0.29, 0.717) is 10.8 Å². The number of phenolic OH excluding ortho intramolecular Hbond substituents is 3. The number of aromatic hydroxyl groups is 3. The summed E-state index contributed by atoms with van der Waals surface area (Å²) < 4.78 is 0. The molecule has 0 saturated heterocycles. The van der Waals surface area contributed by atoms with Crippen LogP contribution in [0.2, 0.25) is 0 Å². The Morgan fingerprint density at radius 2 is 1.58 bits per heavy atom. The van der Waals surface area contributed by atoms with Crippen molar-refractivity contribution in [1.82, 2.24) is 0 Å². The molecule has 8 heteroatoms. The van der Waals surface area contributed by atoms with Gasteiger partial charge in [0.25, 0.3) is 5.69 Å². The molecule has 0 heterocycles. The smallest absolute Gasteiger partial charge is 0.281 e. The van der Waals surface area contributed by atoms with E-state index in [1.807, 2.05) is 0 Å². The van der Waals surface area contributed by atoms with Gasteiger partial charge in [0.05, 0.1) is 16.4 Å². The lowest BCUT2D eigenvalue weighted by atomic mass is 10.1. The molecule has 0 bridgehead atoms. The van der Waals surface area contributed by atoms with Gasteiger partial charge in [-0.25, -0.2) is 0 Å². The van der Waals surface area contributed by atoms with E-state index in [-0.39, 0.29) is 28.6 Å². The molecule has 3 aromatic carbocycles. The van der Waals surface area contributed by atoms with Gasteiger partial charge in [-0.15, -0.1) is 10.2 Å². The van der Waals surface area contributed by atoms with Gasteiger partial charge in [-0.1, -0.05) is 18.2 Å². The van der Waals surface area contributed by atoms with Crippen LogP contribution in [0.1, 0.15) is 0 Å². The predicted molar refractivity (Wildman–Crippen MR) is 86.2 cm³/mol. The molecule has 8 nitrogen and oxygen atoms in total. The summed E-state index contributed by atoms with van der Waals surface area (Å²) in [6, 6.07) is 11.2. The summed E-state index contributed by atoms with van der Waals surface area (Å²) in [7, 11) is 0. The largest absolute Gasteiger partial charge is 0.508 e. The molecule has 0 unspecified atom stereocenters. The normalized spacial score (nSPS) is 11.2. The molecule has 0 aromatic heterocycles. The second kappa shape index (κ2) is 5.84. The maximum Gasteiger partial charge on any atom is 0.281 e. The molecule has 0 aliphatic carbocycles. The van der Waals surface area contributed by atoms with Crippen LogP contribution in [-0.2, 0) is 0 Å². The minimum atomic E-state index is -0.589. The van der Waals surface area contributed by atoms with E-state index in [1.54, 1.807) is 24.3 Å². The number of hydrogen-bond acceptors (Lipinski definition) is 7. The van der Waals surface area contributed by atoms with Gasteiger partial charge in [0, 0.05) is 11.5 Å². The molecule has 0 amide bonds. The van der Waals surface area contributed by atoms with Gasteiger partial charge >= 0.3 is 0 Å². The minimum absolute atomic E-state index is 0.0451. The van der Waals surface area contributed by atoms with Crippen molar-refractivity contribution >= 4 is 27.8 Å². The highest BCUT2D eigenvalue weighted by Crippen LogP contribution is 2.42. The van der Waals surface area contributed by atoms with Gasteiger partial charge in [-0.3, -0.25) is 10.1 Å². The lowest BCUT2D eigenvalue weighted by Crippen LogP contribution is -1.89. The van der Waals surface area contributed by atoms with Crippen LogP contribution in [0.15, 0.2) is 58.8 Å². The molecule has 3 rings (SSSR count).